The van der Waals surface area contributed by atoms with E-state index in [1.165, 1.54) is 0 Å². The summed E-state index contributed by atoms with van der Waals surface area (Å²) in [7, 11) is 0. The van der Waals surface area contributed by atoms with Crippen LogP contribution in [-0.2, 0) is 4.74 Å². The third-order valence-corrected chi connectivity index (χ3v) is 5.26. The fraction of sp³-hybridized carbons (Fsp3) is 0.133. The Bertz CT molecular complexity index is 1250. The third kappa shape index (κ3) is 7.68. The second-order valence-electron chi connectivity index (χ2n) is 7.88. The topological polar surface area (TPSA) is 92.9 Å². The number of rotatable bonds is 12. The highest BCUT2D eigenvalue weighted by molar-refractivity contribution is 5.86. The molecule has 0 saturated heterocycles. The molecule has 0 bridgehead atoms. The molecule has 0 atom stereocenters. The summed E-state index contributed by atoms with van der Waals surface area (Å²) in [5, 5.41) is 19.8. The summed E-state index contributed by atoms with van der Waals surface area (Å²) in [6, 6.07) is 28.9. The van der Waals surface area contributed by atoms with Crippen LogP contribution in [0.1, 0.15) is 11.1 Å². The van der Waals surface area contributed by atoms with Crippen molar-refractivity contribution in [3.05, 3.63) is 108 Å². The Morgan fingerprint density at radius 1 is 0.514 bits per heavy atom. The van der Waals surface area contributed by atoms with Gasteiger partial charge in [0.2, 0.25) is 0 Å². The lowest BCUT2D eigenvalue weighted by atomic mass is 10.2. The maximum atomic E-state index is 9.91. The van der Waals surface area contributed by atoms with Crippen molar-refractivity contribution in [2.75, 3.05) is 26.4 Å². The average Bonchev–Trinajstić information content (AvgIpc) is 2.93. The lowest BCUT2D eigenvalue weighted by Crippen LogP contribution is -2.12. The number of hydrogen-bond acceptors (Lipinski definition) is 7. The summed E-state index contributed by atoms with van der Waals surface area (Å²) in [4.78, 5) is 8.90. The maximum Gasteiger partial charge on any atom is 0.145 e. The zero-order valence-corrected chi connectivity index (χ0v) is 20.2. The van der Waals surface area contributed by atoms with Gasteiger partial charge in [-0.1, -0.05) is 48.5 Å². The highest BCUT2D eigenvalue weighted by atomic mass is 16.5. The summed E-state index contributed by atoms with van der Waals surface area (Å²) in [5.41, 5.74) is 2.59. The van der Waals surface area contributed by atoms with Crippen LogP contribution in [0.15, 0.2) is 107 Å². The molecule has 0 fully saturated rings. The molecule has 4 aromatic rings. The predicted molar refractivity (Wildman–Crippen MR) is 145 cm³/mol. The van der Waals surface area contributed by atoms with Crippen molar-refractivity contribution in [1.82, 2.24) is 0 Å². The standard InChI is InChI=1S/C30H28N2O5/c33-27-13-5-1-9-23(27)21-31-25-11-3-7-15-29(25)36-19-17-35-18-20-37-30-16-8-4-12-26(30)32-22-24-10-2-6-14-28(24)34/h1-16,21-22,33-34H,17-20H2. The smallest absolute Gasteiger partial charge is 0.145 e. The van der Waals surface area contributed by atoms with Crippen LogP contribution in [0.3, 0.4) is 0 Å². The summed E-state index contributed by atoms with van der Waals surface area (Å²) in [6.45, 7) is 1.47. The molecule has 0 aliphatic carbocycles. The average molecular weight is 497 g/mol. The van der Waals surface area contributed by atoms with Crippen LogP contribution in [0.5, 0.6) is 23.0 Å². The third-order valence-electron chi connectivity index (χ3n) is 5.26. The number of benzene rings is 4. The van der Waals surface area contributed by atoms with E-state index in [0.29, 0.717) is 60.4 Å². The van der Waals surface area contributed by atoms with Crippen LogP contribution < -0.4 is 9.47 Å². The highest BCUT2D eigenvalue weighted by Crippen LogP contribution is 2.28. The number of hydrogen-bond donors (Lipinski definition) is 2. The Kier molecular flexibility index (Phi) is 9.27. The fourth-order valence-electron chi connectivity index (χ4n) is 3.37. The summed E-state index contributed by atoms with van der Waals surface area (Å²) in [5.74, 6) is 1.60. The van der Waals surface area contributed by atoms with Gasteiger partial charge in [-0.3, -0.25) is 9.98 Å². The van der Waals surface area contributed by atoms with Gasteiger partial charge in [-0.15, -0.1) is 0 Å². The van der Waals surface area contributed by atoms with Gasteiger partial charge in [0.15, 0.2) is 0 Å². The van der Waals surface area contributed by atoms with Crippen molar-refractivity contribution in [3.63, 3.8) is 0 Å². The molecule has 0 heterocycles. The van der Waals surface area contributed by atoms with Gasteiger partial charge in [0.1, 0.15) is 47.6 Å². The first-order valence-corrected chi connectivity index (χ1v) is 11.9. The van der Waals surface area contributed by atoms with Gasteiger partial charge < -0.3 is 24.4 Å². The molecule has 4 rings (SSSR count). The first-order valence-electron chi connectivity index (χ1n) is 11.9. The van der Waals surface area contributed by atoms with E-state index in [0.717, 1.165) is 0 Å². The Balaban J connectivity index is 1.21. The molecular formula is C30H28N2O5. The molecular weight excluding hydrogens is 468 g/mol. The first kappa shape index (κ1) is 25.5. The number of aromatic hydroxyl groups is 2. The van der Waals surface area contributed by atoms with Gasteiger partial charge in [-0.05, 0) is 48.5 Å². The molecule has 0 unspecified atom stereocenters. The highest BCUT2D eigenvalue weighted by Gasteiger charge is 2.04. The number of phenolic OH excluding ortho intramolecular Hbond substituents is 2. The molecule has 4 aromatic carbocycles. The summed E-state index contributed by atoms with van der Waals surface area (Å²) in [6.07, 6.45) is 3.21. The van der Waals surface area contributed by atoms with Crippen molar-refractivity contribution >= 4 is 23.8 Å². The quantitative estimate of drug-likeness (QED) is 0.183. The molecule has 0 saturated carbocycles. The van der Waals surface area contributed by atoms with Crippen LogP contribution in [0.2, 0.25) is 0 Å². The van der Waals surface area contributed by atoms with E-state index < -0.39 is 0 Å². The van der Waals surface area contributed by atoms with Gasteiger partial charge >= 0.3 is 0 Å². The predicted octanol–water partition coefficient (Wildman–Crippen LogP) is 6.07. The van der Waals surface area contributed by atoms with Crippen LogP contribution in [0, 0.1) is 0 Å². The minimum absolute atomic E-state index is 0.171. The Labute approximate surface area is 216 Å². The molecule has 37 heavy (non-hydrogen) atoms. The van der Waals surface area contributed by atoms with Gasteiger partial charge in [0, 0.05) is 23.6 Å². The van der Waals surface area contributed by atoms with Crippen molar-refractivity contribution in [2.24, 2.45) is 9.98 Å². The molecule has 2 N–H and O–H groups in total. The van der Waals surface area contributed by atoms with E-state index in [1.54, 1.807) is 48.8 Å². The second-order valence-corrected chi connectivity index (χ2v) is 7.88. The summed E-state index contributed by atoms with van der Waals surface area (Å²) < 4.78 is 17.3. The van der Waals surface area contributed by atoms with Gasteiger partial charge in [0.05, 0.1) is 13.2 Å². The normalized spacial score (nSPS) is 11.2. The fourth-order valence-corrected chi connectivity index (χ4v) is 3.37. The molecule has 7 nitrogen and oxygen atoms in total. The first-order chi connectivity index (χ1) is 18.2. The van der Waals surface area contributed by atoms with Gasteiger partial charge in [-0.25, -0.2) is 0 Å². The van der Waals surface area contributed by atoms with Crippen LogP contribution >= 0.6 is 0 Å². The van der Waals surface area contributed by atoms with E-state index in [9.17, 15) is 10.2 Å². The number of para-hydroxylation sites is 6. The minimum atomic E-state index is 0.171. The minimum Gasteiger partial charge on any atom is -0.507 e. The van der Waals surface area contributed by atoms with Gasteiger partial charge in [-0.2, -0.15) is 0 Å². The summed E-state index contributed by atoms with van der Waals surface area (Å²) >= 11 is 0. The molecule has 0 spiro atoms. The Hall–Kier alpha value is -4.62. The van der Waals surface area contributed by atoms with Crippen molar-refractivity contribution in [3.8, 4) is 23.0 Å². The van der Waals surface area contributed by atoms with Crippen molar-refractivity contribution < 1.29 is 24.4 Å². The zero-order valence-electron chi connectivity index (χ0n) is 20.2. The lowest BCUT2D eigenvalue weighted by molar-refractivity contribution is 0.0767. The number of ether oxygens (including phenoxy) is 3. The number of phenols is 2. The Morgan fingerprint density at radius 3 is 1.38 bits per heavy atom. The van der Waals surface area contributed by atoms with E-state index >= 15 is 0 Å². The zero-order chi connectivity index (χ0) is 25.7. The van der Waals surface area contributed by atoms with Crippen LogP contribution in [0.4, 0.5) is 11.4 Å². The largest absolute Gasteiger partial charge is 0.507 e. The molecule has 188 valence electrons. The molecule has 0 aliphatic heterocycles. The van der Waals surface area contributed by atoms with Crippen LogP contribution in [-0.4, -0.2) is 49.1 Å². The van der Waals surface area contributed by atoms with E-state index in [4.69, 9.17) is 14.2 Å². The molecule has 0 aliphatic rings. The lowest BCUT2D eigenvalue weighted by Gasteiger charge is -2.11. The molecule has 7 heteroatoms. The number of nitrogens with zero attached hydrogens (tertiary/aromatic N) is 2. The van der Waals surface area contributed by atoms with Crippen LogP contribution in [0.25, 0.3) is 0 Å². The van der Waals surface area contributed by atoms with E-state index in [1.807, 2.05) is 60.7 Å². The van der Waals surface area contributed by atoms with Crippen molar-refractivity contribution in [2.45, 2.75) is 0 Å². The molecule has 0 radical (unpaired) electrons. The molecule has 0 aromatic heterocycles. The molecule has 0 amide bonds. The SMILES string of the molecule is Oc1ccccc1C=Nc1ccccc1OCCOCCOc1ccccc1N=Cc1ccccc1O. The van der Waals surface area contributed by atoms with E-state index in [2.05, 4.69) is 9.98 Å². The number of aliphatic imine (C=N–C) groups is 2. The van der Waals surface area contributed by atoms with Crippen molar-refractivity contribution in [1.29, 1.82) is 0 Å². The Morgan fingerprint density at radius 2 is 0.919 bits per heavy atom. The van der Waals surface area contributed by atoms with Gasteiger partial charge in [0.25, 0.3) is 0 Å². The maximum absolute atomic E-state index is 9.91. The monoisotopic (exact) mass is 496 g/mol. The second kappa shape index (κ2) is 13.5. The van der Waals surface area contributed by atoms with E-state index in [-0.39, 0.29) is 11.5 Å².